The van der Waals surface area contributed by atoms with Crippen LogP contribution in [0.25, 0.3) is 11.7 Å². The summed E-state index contributed by atoms with van der Waals surface area (Å²) < 4.78 is 1.71. The van der Waals surface area contributed by atoms with Crippen LogP contribution in [0.2, 0.25) is 0 Å². The van der Waals surface area contributed by atoms with Crippen LogP contribution in [-0.2, 0) is 6.54 Å². The zero-order chi connectivity index (χ0) is 19.1. The summed E-state index contributed by atoms with van der Waals surface area (Å²) in [5.74, 6) is 0.511. The first-order valence-corrected chi connectivity index (χ1v) is 9.90. The molecule has 1 aliphatic rings. The molecule has 0 bridgehead atoms. The lowest BCUT2D eigenvalue weighted by atomic mass is 10.2. The maximum absolute atomic E-state index is 9.90. The molecular weight excluding hydrogens is 376 g/mol. The number of hydrogen-bond donors (Lipinski definition) is 4. The van der Waals surface area contributed by atoms with Crippen LogP contribution in [0.5, 0.6) is 11.8 Å². The molecule has 0 atom stereocenters. The van der Waals surface area contributed by atoms with E-state index in [2.05, 4.69) is 26.8 Å². The van der Waals surface area contributed by atoms with Gasteiger partial charge in [0.15, 0.2) is 22.9 Å². The van der Waals surface area contributed by atoms with E-state index in [0.29, 0.717) is 23.8 Å². The second-order valence-electron chi connectivity index (χ2n) is 6.78. The first-order valence-electron chi connectivity index (χ1n) is 8.96. The summed E-state index contributed by atoms with van der Waals surface area (Å²) in [4.78, 5) is 11.9. The van der Waals surface area contributed by atoms with Gasteiger partial charge < -0.3 is 15.5 Å². The van der Waals surface area contributed by atoms with Gasteiger partial charge in [0.1, 0.15) is 5.82 Å². The minimum atomic E-state index is -0.105. The molecule has 28 heavy (non-hydrogen) atoms. The number of H-pyrrole nitrogens is 1. The van der Waals surface area contributed by atoms with Crippen LogP contribution in [-0.4, -0.2) is 35.8 Å². The minimum Gasteiger partial charge on any atom is -0.494 e. The summed E-state index contributed by atoms with van der Waals surface area (Å²) >= 11 is 1.66. The molecular formula is C19H18N6O2S. The number of rotatable bonds is 5. The number of thiophene rings is 1. The van der Waals surface area contributed by atoms with Crippen molar-refractivity contribution in [1.82, 2.24) is 19.6 Å². The first kappa shape index (κ1) is 16.8. The van der Waals surface area contributed by atoms with Crippen molar-refractivity contribution in [2.75, 3.05) is 5.32 Å². The van der Waals surface area contributed by atoms with Crippen molar-refractivity contribution < 1.29 is 10.2 Å². The van der Waals surface area contributed by atoms with Crippen molar-refractivity contribution in [2.45, 2.75) is 25.4 Å². The summed E-state index contributed by atoms with van der Waals surface area (Å²) in [5, 5.41) is 32.1. The fourth-order valence-corrected chi connectivity index (χ4v) is 3.62. The number of anilines is 1. The molecule has 142 valence electrons. The van der Waals surface area contributed by atoms with Gasteiger partial charge >= 0.3 is 0 Å². The Morgan fingerprint density at radius 3 is 2.96 bits per heavy atom. The summed E-state index contributed by atoms with van der Waals surface area (Å²) in [6.45, 7) is 0.676. The first-order chi connectivity index (χ1) is 13.7. The van der Waals surface area contributed by atoms with E-state index in [-0.39, 0.29) is 11.8 Å². The Morgan fingerprint density at radius 2 is 2.25 bits per heavy atom. The molecule has 4 heterocycles. The quantitative estimate of drug-likeness (QED) is 0.412. The molecule has 5 rings (SSSR count). The molecule has 0 radical (unpaired) electrons. The van der Waals surface area contributed by atoms with Gasteiger partial charge in [-0.3, -0.25) is 9.98 Å². The molecule has 4 aromatic heterocycles. The van der Waals surface area contributed by atoms with E-state index < -0.39 is 0 Å². The minimum absolute atomic E-state index is 0.101. The van der Waals surface area contributed by atoms with Gasteiger partial charge in [0.05, 0.1) is 12.2 Å². The van der Waals surface area contributed by atoms with Gasteiger partial charge in [0, 0.05) is 29.5 Å². The summed E-state index contributed by atoms with van der Waals surface area (Å²) in [7, 11) is 0. The highest BCUT2D eigenvalue weighted by atomic mass is 32.1. The molecule has 0 amide bonds. The van der Waals surface area contributed by atoms with Gasteiger partial charge in [-0.2, -0.15) is 21.0 Å². The second-order valence-corrected chi connectivity index (χ2v) is 7.56. The maximum Gasteiger partial charge on any atom is 0.198 e. The van der Waals surface area contributed by atoms with E-state index in [1.165, 1.54) is 11.6 Å². The van der Waals surface area contributed by atoms with E-state index in [4.69, 9.17) is 9.98 Å². The third-order valence-electron chi connectivity index (χ3n) is 4.52. The van der Waals surface area contributed by atoms with Crippen molar-refractivity contribution in [3.63, 3.8) is 0 Å². The van der Waals surface area contributed by atoms with Gasteiger partial charge in [-0.15, -0.1) is 0 Å². The fourth-order valence-electron chi connectivity index (χ4n) is 2.95. The molecule has 0 saturated heterocycles. The fraction of sp³-hybridized carbons (Fsp3) is 0.211. The van der Waals surface area contributed by atoms with E-state index in [1.807, 2.05) is 11.4 Å². The Morgan fingerprint density at radius 1 is 1.36 bits per heavy atom. The lowest BCUT2D eigenvalue weighted by Crippen LogP contribution is -2.20. The lowest BCUT2D eigenvalue weighted by Gasteiger charge is -2.05. The average Bonchev–Trinajstić information content (AvgIpc) is 3.05. The molecule has 1 fully saturated rings. The molecule has 8 nitrogen and oxygen atoms in total. The Kier molecular flexibility index (Phi) is 4.01. The molecule has 4 N–H and O–H groups in total. The van der Waals surface area contributed by atoms with Crippen LogP contribution in [0, 0.1) is 0 Å². The Bertz CT molecular complexity index is 1250. The number of fused-ring (bicyclic) bond motifs is 1. The summed E-state index contributed by atoms with van der Waals surface area (Å²) in [6.07, 6.45) is 5.60. The van der Waals surface area contributed by atoms with E-state index in [9.17, 15) is 10.2 Å². The van der Waals surface area contributed by atoms with Crippen molar-refractivity contribution in [3.8, 4) is 11.8 Å². The largest absolute Gasteiger partial charge is 0.494 e. The highest BCUT2D eigenvalue weighted by Gasteiger charge is 2.20. The van der Waals surface area contributed by atoms with E-state index >= 15 is 0 Å². The molecule has 4 aromatic rings. The Hall–Kier alpha value is -3.33. The number of aromatic amines is 1. The number of aromatic hydroxyl groups is 2. The Labute approximate surface area is 163 Å². The van der Waals surface area contributed by atoms with Crippen molar-refractivity contribution >= 4 is 28.9 Å². The van der Waals surface area contributed by atoms with Gasteiger partial charge in [0.25, 0.3) is 0 Å². The van der Waals surface area contributed by atoms with Crippen molar-refractivity contribution in [2.24, 2.45) is 4.99 Å². The van der Waals surface area contributed by atoms with Crippen molar-refractivity contribution in [3.05, 3.63) is 57.0 Å². The number of nitrogens with zero attached hydrogens (tertiary/aromatic N) is 4. The van der Waals surface area contributed by atoms with Crippen molar-refractivity contribution in [1.29, 1.82) is 0 Å². The molecule has 0 aliphatic heterocycles. The molecule has 9 heteroatoms. The maximum atomic E-state index is 9.90. The smallest absolute Gasteiger partial charge is 0.198 e. The highest BCUT2D eigenvalue weighted by molar-refractivity contribution is 7.07. The monoisotopic (exact) mass is 394 g/mol. The molecule has 1 saturated carbocycles. The number of hydrogen-bond acceptors (Lipinski definition) is 7. The van der Waals surface area contributed by atoms with E-state index in [1.54, 1.807) is 28.1 Å². The highest BCUT2D eigenvalue weighted by Crippen LogP contribution is 2.23. The summed E-state index contributed by atoms with van der Waals surface area (Å²) in [5.41, 5.74) is 3.04. The SMILES string of the molecule is Oc1cc(C=c2cnn3c(=NC4CC4)cc(NCc4ccsc4)nc23)c(O)[nH]1. The zero-order valence-electron chi connectivity index (χ0n) is 14.8. The zero-order valence-corrected chi connectivity index (χ0v) is 15.6. The molecule has 0 unspecified atom stereocenters. The van der Waals surface area contributed by atoms with Gasteiger partial charge in [-0.05, 0) is 41.3 Å². The Balaban J connectivity index is 1.62. The van der Waals surface area contributed by atoms with Gasteiger partial charge in [0.2, 0.25) is 0 Å². The molecule has 0 spiro atoms. The predicted octanol–water partition coefficient (Wildman–Crippen LogP) is 1.75. The second kappa shape index (κ2) is 6.68. The number of nitrogens with one attached hydrogen (secondary N) is 2. The molecule has 0 aromatic carbocycles. The molecule has 1 aliphatic carbocycles. The van der Waals surface area contributed by atoms with Crippen LogP contribution >= 0.6 is 11.3 Å². The van der Waals surface area contributed by atoms with Crippen LogP contribution in [0.4, 0.5) is 5.82 Å². The normalized spacial score (nSPS) is 15.6. The van der Waals surface area contributed by atoms with Crippen LogP contribution in [0.3, 0.4) is 0 Å². The predicted molar refractivity (Wildman–Crippen MR) is 106 cm³/mol. The van der Waals surface area contributed by atoms with E-state index in [0.717, 1.165) is 29.4 Å². The standard InChI is InChI=1S/C19H18N6O2S/c26-17-6-12(19(27)24-17)5-13-9-21-25-16(22-14-1-2-14)7-15(23-18(13)25)20-8-11-3-4-28-10-11/h3-7,9-10,14,20,24,26-27H,1-2,8H2. The summed E-state index contributed by atoms with van der Waals surface area (Å²) in [6, 6.07) is 5.78. The van der Waals surface area contributed by atoms with Crippen LogP contribution in [0.15, 0.2) is 40.1 Å². The average molecular weight is 394 g/mol. The van der Waals surface area contributed by atoms with Crippen LogP contribution in [0.1, 0.15) is 24.0 Å². The third kappa shape index (κ3) is 3.31. The topological polar surface area (TPSA) is 111 Å². The van der Waals surface area contributed by atoms with Crippen LogP contribution < -0.4 is 16.0 Å². The van der Waals surface area contributed by atoms with Gasteiger partial charge in [-0.1, -0.05) is 0 Å². The third-order valence-corrected chi connectivity index (χ3v) is 5.25. The van der Waals surface area contributed by atoms with Gasteiger partial charge in [-0.25, -0.2) is 4.98 Å². The lowest BCUT2D eigenvalue weighted by molar-refractivity contribution is 0.425. The number of aromatic nitrogens is 4.